The molecular weight excluding hydrogens is 67.0 g/mol. The molecule has 26 valence electrons. The first-order chi connectivity index (χ1) is 2.27. The summed E-state index contributed by atoms with van der Waals surface area (Å²) in [5.74, 6) is 0. The van der Waals surface area contributed by atoms with Gasteiger partial charge in [0.25, 0.3) is 0 Å². The topological polar surface area (TPSA) is 0 Å². The van der Waals surface area contributed by atoms with E-state index < -0.39 is 0 Å². The first-order valence-corrected chi connectivity index (χ1v) is 3.00. The monoisotopic (exact) mass is 77.1 g/mol. The van der Waals surface area contributed by atoms with Crippen molar-refractivity contribution in [2.45, 2.75) is 6.92 Å². The lowest BCUT2D eigenvalue weighted by Crippen LogP contribution is -1.47. The second-order valence-electron chi connectivity index (χ2n) is 0.632. The first kappa shape index (κ1) is 2.66. The zero-order valence-electron chi connectivity index (χ0n) is 4.15. The molecule has 1 unspecified atom stereocenters. The fourth-order valence-corrected chi connectivity index (χ4v) is 0. The van der Waals surface area contributed by atoms with Gasteiger partial charge in [-0.05, 0) is 12.8 Å². The van der Waals surface area contributed by atoms with Crippen molar-refractivity contribution in [3.05, 3.63) is 0 Å². The summed E-state index contributed by atoms with van der Waals surface area (Å²) in [4.78, 5) is 0. The standard InChI is InChI=1S/C3H9P/c1-3-4-2/h4H,3H2,1-2H3/i4D. The maximum atomic E-state index is 6.89. The zero-order valence-corrected chi connectivity index (χ0v) is 4.05. The van der Waals surface area contributed by atoms with Crippen LogP contribution >= 0.6 is 8.53 Å². The van der Waals surface area contributed by atoms with Gasteiger partial charge < -0.3 is 0 Å². The molecule has 0 aliphatic heterocycles. The lowest BCUT2D eigenvalue weighted by Gasteiger charge is -1.69. The Labute approximate surface area is 30.7 Å². The quantitative estimate of drug-likeness (QED) is 0.414. The normalized spacial score (nSPS) is 19.0. The molecule has 0 bridgehead atoms. The lowest BCUT2D eigenvalue weighted by molar-refractivity contribution is 1.52. The zero-order chi connectivity index (χ0) is 4.28. The van der Waals surface area contributed by atoms with Crippen LogP contribution in [-0.2, 0) is 0 Å². The van der Waals surface area contributed by atoms with Crippen LogP contribution in [0.3, 0.4) is 0 Å². The van der Waals surface area contributed by atoms with Crippen molar-refractivity contribution < 1.29 is 0 Å². The molecule has 0 radical (unpaired) electrons. The highest BCUT2D eigenvalue weighted by Gasteiger charge is 1.55. The van der Waals surface area contributed by atoms with E-state index in [9.17, 15) is 0 Å². The summed E-state index contributed by atoms with van der Waals surface area (Å²) >= 11 is 0. The smallest absolute Gasteiger partial charge is 0.0577 e. The number of hydrogen-bond acceptors (Lipinski definition) is 0. The average molecular weight is 77.1 g/mol. The third-order valence-electron chi connectivity index (χ3n) is 0.316. The van der Waals surface area contributed by atoms with Crippen molar-refractivity contribution in [1.82, 2.24) is 0 Å². The molecule has 0 N–H and O–H groups in total. The molecule has 1 heteroatoms. The molecule has 0 heterocycles. The highest BCUT2D eigenvalue weighted by atomic mass is 31.1. The number of hydrogen-bond donors (Lipinski definition) is 0. The summed E-state index contributed by atoms with van der Waals surface area (Å²) in [6, 6.07) is 0. The van der Waals surface area contributed by atoms with Gasteiger partial charge in [-0.25, -0.2) is 0 Å². The van der Waals surface area contributed by atoms with Gasteiger partial charge in [0.2, 0.25) is 0 Å². The van der Waals surface area contributed by atoms with E-state index in [0.29, 0.717) is 0 Å². The summed E-state index contributed by atoms with van der Waals surface area (Å²) in [6.45, 7) is 3.99. The van der Waals surface area contributed by atoms with E-state index in [1.807, 2.05) is 13.6 Å². The van der Waals surface area contributed by atoms with E-state index in [-0.39, 0.29) is 8.53 Å². The Morgan fingerprint density at radius 2 is 2.50 bits per heavy atom. The van der Waals surface area contributed by atoms with Crippen molar-refractivity contribution in [2.75, 3.05) is 12.8 Å². The molecule has 0 spiro atoms. The van der Waals surface area contributed by atoms with Gasteiger partial charge >= 0.3 is 0 Å². The summed E-state index contributed by atoms with van der Waals surface area (Å²) < 4.78 is 6.89. The third kappa shape index (κ3) is 2.43. The molecule has 0 amide bonds. The molecule has 0 aromatic carbocycles. The van der Waals surface area contributed by atoms with E-state index in [1.54, 1.807) is 0 Å². The maximum Gasteiger partial charge on any atom is 0.0577 e. The van der Waals surface area contributed by atoms with E-state index in [0.717, 1.165) is 6.16 Å². The molecule has 0 saturated heterocycles. The molecule has 0 fully saturated rings. The molecule has 0 aliphatic rings. The first-order valence-electron chi connectivity index (χ1n) is 1.92. The van der Waals surface area contributed by atoms with Gasteiger partial charge in [-0.2, -0.15) is 0 Å². The van der Waals surface area contributed by atoms with Gasteiger partial charge in [0.15, 0.2) is 0 Å². The van der Waals surface area contributed by atoms with Gasteiger partial charge in [-0.3, -0.25) is 0 Å². The van der Waals surface area contributed by atoms with Gasteiger partial charge in [0, 0.05) is 0 Å². The summed E-state index contributed by atoms with van der Waals surface area (Å²) in [5, 5.41) is 0. The van der Waals surface area contributed by atoms with Crippen molar-refractivity contribution >= 4 is 8.53 Å². The van der Waals surface area contributed by atoms with E-state index >= 15 is 0 Å². The highest BCUT2D eigenvalue weighted by molar-refractivity contribution is 7.36. The Morgan fingerprint density at radius 3 is 2.50 bits per heavy atom. The second kappa shape index (κ2) is 3.43. The van der Waals surface area contributed by atoms with E-state index in [4.69, 9.17) is 1.28 Å². The Bertz CT molecular complexity index is 20.9. The molecule has 0 saturated carbocycles. The molecule has 0 aliphatic carbocycles. The summed E-state index contributed by atoms with van der Waals surface area (Å²) in [5.41, 5.74) is 0. The largest absolute Gasteiger partial charge is 0.126 e. The van der Waals surface area contributed by atoms with Crippen LogP contribution in [-0.4, -0.2) is 14.1 Å². The average Bonchev–Trinajstić information content (AvgIpc) is 1.38. The minimum absolute atomic E-state index is 0.348. The van der Waals surface area contributed by atoms with Gasteiger partial charge in [-0.15, -0.1) is 8.53 Å². The highest BCUT2D eigenvalue weighted by Crippen LogP contribution is 1.95. The fraction of sp³-hybridized carbons (Fsp3) is 1.00. The Balaban J connectivity index is 2.54. The second-order valence-corrected chi connectivity index (χ2v) is 1.90. The summed E-state index contributed by atoms with van der Waals surface area (Å²) in [6.07, 6.45) is 1.04. The summed E-state index contributed by atoms with van der Waals surface area (Å²) in [7, 11) is -0.348. The molecule has 0 aromatic rings. The van der Waals surface area contributed by atoms with Crippen LogP contribution in [0, 0.1) is 0 Å². The van der Waals surface area contributed by atoms with Crippen LogP contribution in [0.1, 0.15) is 6.92 Å². The van der Waals surface area contributed by atoms with Gasteiger partial charge in [-0.1, -0.05) is 6.92 Å². The van der Waals surface area contributed by atoms with Crippen LogP contribution in [0.4, 0.5) is 0 Å². The van der Waals surface area contributed by atoms with Crippen LogP contribution in [0.15, 0.2) is 0 Å². The molecule has 0 aromatic heterocycles. The Kier molecular flexibility index (Phi) is 2.28. The van der Waals surface area contributed by atoms with Gasteiger partial charge in [0.05, 0.1) is 1.28 Å². The predicted molar refractivity (Wildman–Crippen MR) is 24.8 cm³/mol. The minimum Gasteiger partial charge on any atom is -0.126 e. The Hall–Kier alpha value is 0.430. The lowest BCUT2D eigenvalue weighted by atomic mass is 11.0. The fourth-order valence-electron chi connectivity index (χ4n) is 0. The molecule has 1 atom stereocenters. The van der Waals surface area contributed by atoms with Gasteiger partial charge in [0.1, 0.15) is 0 Å². The Morgan fingerprint density at radius 1 is 2.25 bits per heavy atom. The van der Waals surface area contributed by atoms with Crippen molar-refractivity contribution in [3.63, 3.8) is 0 Å². The van der Waals surface area contributed by atoms with E-state index in [2.05, 4.69) is 0 Å². The van der Waals surface area contributed by atoms with E-state index in [1.165, 1.54) is 0 Å². The van der Waals surface area contributed by atoms with Crippen LogP contribution in [0.5, 0.6) is 0 Å². The van der Waals surface area contributed by atoms with Crippen LogP contribution in [0.2, 0.25) is 0 Å². The molecule has 4 heavy (non-hydrogen) atoms. The molecule has 0 rings (SSSR count). The van der Waals surface area contributed by atoms with Crippen molar-refractivity contribution in [3.8, 4) is 0 Å². The predicted octanol–water partition coefficient (Wildman–Crippen LogP) is 1.31. The SMILES string of the molecule is [2H]P(C)CC. The minimum atomic E-state index is -0.348. The third-order valence-corrected chi connectivity index (χ3v) is 0.949. The van der Waals surface area contributed by atoms with Crippen molar-refractivity contribution in [2.24, 2.45) is 0 Å². The molecular formula is C3H9P. The molecule has 0 nitrogen and oxygen atoms in total. The number of rotatable bonds is 1. The van der Waals surface area contributed by atoms with Crippen molar-refractivity contribution in [1.29, 1.82) is 1.28 Å². The maximum absolute atomic E-state index is 6.89. The van der Waals surface area contributed by atoms with Crippen LogP contribution in [0.25, 0.3) is 0 Å². The van der Waals surface area contributed by atoms with Crippen LogP contribution < -0.4 is 0 Å².